The highest BCUT2D eigenvalue weighted by Crippen LogP contribution is 2.34. The van der Waals surface area contributed by atoms with Crippen LogP contribution in [-0.4, -0.2) is 42.7 Å². The Balaban J connectivity index is 0.00000121. The average molecular weight is 414 g/mol. The summed E-state index contributed by atoms with van der Waals surface area (Å²) in [6, 6.07) is 6.11. The third-order valence-electron chi connectivity index (χ3n) is 4.45. The van der Waals surface area contributed by atoms with Gasteiger partial charge in [0.25, 0.3) is 5.56 Å². The van der Waals surface area contributed by atoms with E-state index in [1.165, 1.54) is 11.3 Å². The summed E-state index contributed by atoms with van der Waals surface area (Å²) in [6.45, 7) is 2.75. The quantitative estimate of drug-likeness (QED) is 0.688. The third-order valence-corrected chi connectivity index (χ3v) is 5.36. The van der Waals surface area contributed by atoms with Gasteiger partial charge in [0, 0.05) is 47.5 Å². The molecule has 0 saturated carbocycles. The monoisotopic (exact) mass is 413 g/mol. The van der Waals surface area contributed by atoms with Crippen LogP contribution >= 0.6 is 36.2 Å². The second-order valence-electron chi connectivity index (χ2n) is 6.10. The van der Waals surface area contributed by atoms with Gasteiger partial charge in [0.1, 0.15) is 10.4 Å². The maximum atomic E-state index is 12.2. The maximum absolute atomic E-state index is 12.2. The Bertz CT molecular complexity index is 993. The van der Waals surface area contributed by atoms with E-state index in [1.807, 2.05) is 23.6 Å². The van der Waals surface area contributed by atoms with E-state index in [4.69, 9.17) is 10.5 Å². The van der Waals surface area contributed by atoms with Crippen molar-refractivity contribution in [1.29, 1.82) is 0 Å². The Hall–Kier alpha value is -1.57. The summed E-state index contributed by atoms with van der Waals surface area (Å²) < 4.78 is 6.30. The Morgan fingerprint density at radius 1 is 1.35 bits per heavy atom. The molecule has 1 fully saturated rings. The van der Waals surface area contributed by atoms with Crippen molar-refractivity contribution in [3.05, 3.63) is 45.6 Å². The summed E-state index contributed by atoms with van der Waals surface area (Å²) in [7, 11) is 1.67. The molecule has 0 radical (unpaired) electrons. The summed E-state index contributed by atoms with van der Waals surface area (Å²) >= 11 is 1.46. The summed E-state index contributed by atoms with van der Waals surface area (Å²) in [6.07, 6.45) is 4.22. The van der Waals surface area contributed by atoms with Gasteiger partial charge in [-0.2, -0.15) is 0 Å². The number of pyridine rings is 1. The van der Waals surface area contributed by atoms with Gasteiger partial charge < -0.3 is 15.5 Å². The average Bonchev–Trinajstić information content (AvgIpc) is 3.03. The zero-order valence-corrected chi connectivity index (χ0v) is 16.7. The molecule has 1 saturated heterocycles. The van der Waals surface area contributed by atoms with Gasteiger partial charge in [0.05, 0.1) is 7.11 Å². The lowest BCUT2D eigenvalue weighted by Crippen LogP contribution is -2.55. The van der Waals surface area contributed by atoms with Crippen molar-refractivity contribution in [1.82, 2.24) is 9.88 Å². The van der Waals surface area contributed by atoms with Crippen LogP contribution in [-0.2, 0) is 0 Å². The van der Waals surface area contributed by atoms with Crippen LogP contribution in [0.5, 0.6) is 5.75 Å². The molecule has 3 aromatic rings. The topological polar surface area (TPSA) is 71.4 Å². The van der Waals surface area contributed by atoms with Crippen molar-refractivity contribution in [2.75, 3.05) is 26.7 Å². The number of rotatable bonds is 4. The van der Waals surface area contributed by atoms with E-state index >= 15 is 0 Å². The normalized spacial score (nSPS) is 15.0. The number of aromatic nitrogens is 1. The van der Waals surface area contributed by atoms with Crippen molar-refractivity contribution in [2.45, 2.75) is 6.04 Å². The molecule has 2 aromatic heterocycles. The smallest absolute Gasteiger partial charge is 0.266 e. The first-order valence-electron chi connectivity index (χ1n) is 7.92. The number of nitrogens with one attached hydrogen (secondary N) is 1. The van der Waals surface area contributed by atoms with E-state index in [-0.39, 0.29) is 30.4 Å². The second-order valence-corrected chi connectivity index (χ2v) is 7.02. The molecule has 3 N–H and O–H groups in total. The molecule has 0 spiro atoms. The molecular formula is C18H21Cl2N3O2S. The number of likely N-dealkylation sites (tertiary alicyclic amines) is 1. The lowest BCUT2D eigenvalue weighted by atomic mass is 10.0. The number of methoxy groups -OCH3 is 1. The lowest BCUT2D eigenvalue weighted by Gasteiger charge is -2.35. The van der Waals surface area contributed by atoms with Crippen molar-refractivity contribution >= 4 is 63.2 Å². The zero-order valence-electron chi connectivity index (χ0n) is 14.2. The van der Waals surface area contributed by atoms with Crippen LogP contribution in [0, 0.1) is 0 Å². The van der Waals surface area contributed by atoms with Gasteiger partial charge in [0.15, 0.2) is 0 Å². The number of halogens is 2. The van der Waals surface area contributed by atoms with Crippen molar-refractivity contribution in [3.63, 3.8) is 0 Å². The molecule has 4 rings (SSSR count). The van der Waals surface area contributed by atoms with Gasteiger partial charge in [0.2, 0.25) is 0 Å². The van der Waals surface area contributed by atoms with E-state index in [0.29, 0.717) is 6.04 Å². The fourth-order valence-electron chi connectivity index (χ4n) is 3.28. The number of nitrogens with two attached hydrogens (primary N) is 1. The number of H-pyrrole nitrogens is 1. The number of nitrogens with zero attached hydrogens (tertiary/aromatic N) is 1. The van der Waals surface area contributed by atoms with Crippen LogP contribution in [0.15, 0.2) is 34.4 Å². The molecule has 1 aliphatic heterocycles. The van der Waals surface area contributed by atoms with Crippen LogP contribution in [0.2, 0.25) is 0 Å². The number of thiophene rings is 1. The first-order chi connectivity index (χ1) is 11.7. The number of benzene rings is 1. The highest BCUT2D eigenvalue weighted by Gasteiger charge is 2.21. The zero-order chi connectivity index (χ0) is 16.7. The lowest BCUT2D eigenvalue weighted by molar-refractivity contribution is 0.170. The minimum absolute atomic E-state index is 0. The van der Waals surface area contributed by atoms with Crippen molar-refractivity contribution in [2.24, 2.45) is 5.73 Å². The summed E-state index contributed by atoms with van der Waals surface area (Å²) in [5, 5.41) is 3.96. The molecule has 0 amide bonds. The van der Waals surface area contributed by atoms with Crippen molar-refractivity contribution < 1.29 is 4.74 Å². The molecular weight excluding hydrogens is 393 g/mol. The summed E-state index contributed by atoms with van der Waals surface area (Å²) in [5.41, 5.74) is 7.61. The maximum Gasteiger partial charge on any atom is 0.266 e. The highest BCUT2D eigenvalue weighted by molar-refractivity contribution is 7.17. The molecule has 0 unspecified atom stereocenters. The van der Waals surface area contributed by atoms with Gasteiger partial charge in [-0.15, -0.1) is 36.2 Å². The minimum atomic E-state index is -0.0397. The third kappa shape index (κ3) is 3.61. The van der Waals surface area contributed by atoms with Gasteiger partial charge in [-0.25, -0.2) is 0 Å². The van der Waals surface area contributed by atoms with Gasteiger partial charge in [-0.1, -0.05) is 12.2 Å². The number of aromatic amines is 1. The molecule has 3 heterocycles. The molecule has 0 bridgehead atoms. The summed E-state index contributed by atoms with van der Waals surface area (Å²) in [5.74, 6) is 0.804. The van der Waals surface area contributed by atoms with E-state index in [2.05, 4.69) is 22.0 Å². The Labute approximate surface area is 167 Å². The van der Waals surface area contributed by atoms with E-state index in [0.717, 1.165) is 51.9 Å². The first kappa shape index (κ1) is 20.7. The van der Waals surface area contributed by atoms with Crippen LogP contribution in [0.4, 0.5) is 0 Å². The predicted molar refractivity (Wildman–Crippen MR) is 114 cm³/mol. The minimum Gasteiger partial charge on any atom is -0.496 e. The fourth-order valence-corrected chi connectivity index (χ4v) is 4.07. The van der Waals surface area contributed by atoms with Crippen LogP contribution < -0.4 is 16.0 Å². The van der Waals surface area contributed by atoms with Crippen LogP contribution in [0.1, 0.15) is 5.56 Å². The van der Waals surface area contributed by atoms with E-state index in [1.54, 1.807) is 7.11 Å². The molecule has 140 valence electrons. The number of hydrogen-bond acceptors (Lipinski definition) is 5. The molecule has 0 aliphatic carbocycles. The molecule has 1 aromatic carbocycles. The SMILES string of the molecule is COc1ccc2[nH]c(=O)c3sccc3c2c1C=CCN1CC(N)C1.Cl.Cl. The number of fused-ring (bicyclic) bond motifs is 3. The number of hydrogen-bond donors (Lipinski definition) is 2. The van der Waals surface area contributed by atoms with Gasteiger partial charge in [-0.05, 0) is 23.6 Å². The highest BCUT2D eigenvalue weighted by atomic mass is 35.5. The largest absolute Gasteiger partial charge is 0.496 e. The Kier molecular flexibility index (Phi) is 6.71. The predicted octanol–water partition coefficient (Wildman–Crippen LogP) is 3.25. The Morgan fingerprint density at radius 3 is 2.81 bits per heavy atom. The standard InChI is InChI=1S/C18H19N3O2S.2ClH/c1-23-15-5-4-14-16(13-6-8-24-17(13)18(22)20-14)12(15)3-2-7-21-9-11(19)10-21;;/h2-6,8,11H,7,9-10,19H2,1H3,(H,20,22);2*1H. The second kappa shape index (κ2) is 8.41. The van der Waals surface area contributed by atoms with Crippen LogP contribution in [0.25, 0.3) is 27.1 Å². The van der Waals surface area contributed by atoms with Gasteiger partial charge in [-0.3, -0.25) is 9.69 Å². The fraction of sp³-hybridized carbons (Fsp3) is 0.278. The molecule has 8 heteroatoms. The summed E-state index contributed by atoms with van der Waals surface area (Å²) in [4.78, 5) is 17.5. The van der Waals surface area contributed by atoms with Crippen molar-refractivity contribution in [3.8, 4) is 5.75 Å². The number of ether oxygens (including phenoxy) is 1. The van der Waals surface area contributed by atoms with Crippen LogP contribution in [0.3, 0.4) is 0 Å². The first-order valence-corrected chi connectivity index (χ1v) is 8.80. The van der Waals surface area contributed by atoms with E-state index < -0.39 is 0 Å². The van der Waals surface area contributed by atoms with Gasteiger partial charge >= 0.3 is 0 Å². The van der Waals surface area contributed by atoms with E-state index in [9.17, 15) is 4.79 Å². The molecule has 5 nitrogen and oxygen atoms in total. The molecule has 26 heavy (non-hydrogen) atoms. The Morgan fingerprint density at radius 2 is 2.12 bits per heavy atom. The molecule has 1 aliphatic rings. The molecule has 0 atom stereocenters.